The summed E-state index contributed by atoms with van der Waals surface area (Å²) in [5, 5.41) is 2.73. The molecule has 0 radical (unpaired) electrons. The van der Waals surface area contributed by atoms with Crippen LogP contribution in [0.4, 0.5) is 16.2 Å². The Morgan fingerprint density at radius 3 is 2.62 bits per heavy atom. The number of hydrogen-bond donors (Lipinski definition) is 4. The lowest BCUT2D eigenvalue weighted by Crippen LogP contribution is -2.39. The van der Waals surface area contributed by atoms with E-state index in [0.29, 0.717) is 12.2 Å². The fourth-order valence-corrected chi connectivity index (χ4v) is 1.12. The number of amides is 2. The second kappa shape index (κ2) is 6.55. The van der Waals surface area contributed by atoms with E-state index in [1.54, 1.807) is 24.3 Å². The van der Waals surface area contributed by atoms with Gasteiger partial charge in [0.15, 0.2) is 0 Å². The zero-order chi connectivity index (χ0) is 11.8. The fraction of sp³-hybridized carbons (Fsp3) is 0.364. The van der Waals surface area contributed by atoms with Crippen molar-refractivity contribution in [3.63, 3.8) is 0 Å². The van der Waals surface area contributed by atoms with Crippen LogP contribution in [0.25, 0.3) is 0 Å². The number of rotatable bonds is 5. The lowest BCUT2D eigenvalue weighted by Gasteiger charge is -2.09. The van der Waals surface area contributed by atoms with E-state index in [-0.39, 0.29) is 6.03 Å². The summed E-state index contributed by atoms with van der Waals surface area (Å²) in [6.45, 7) is 2.76. The molecule has 88 valence electrons. The molecule has 2 amide bonds. The second-order valence-electron chi connectivity index (χ2n) is 3.48. The van der Waals surface area contributed by atoms with Crippen LogP contribution in [0.3, 0.4) is 0 Å². The summed E-state index contributed by atoms with van der Waals surface area (Å²) < 4.78 is 0. The highest BCUT2D eigenvalue weighted by atomic mass is 16.2. The van der Waals surface area contributed by atoms with Crippen LogP contribution in [0, 0.1) is 0 Å². The van der Waals surface area contributed by atoms with Gasteiger partial charge in [-0.3, -0.25) is 10.9 Å². The number of carbonyl (C=O) groups excluding carboxylic acids is 1. The topological polar surface area (TPSA) is 79.2 Å². The molecule has 16 heavy (non-hydrogen) atoms. The average Bonchev–Trinajstić information content (AvgIpc) is 2.29. The Bertz CT molecular complexity index is 323. The fourth-order valence-electron chi connectivity index (χ4n) is 1.12. The SMILES string of the molecule is CCCCNC(=O)NNc1ccc(N)cc1. The summed E-state index contributed by atoms with van der Waals surface area (Å²) in [6.07, 6.45) is 2.04. The summed E-state index contributed by atoms with van der Waals surface area (Å²) in [5.74, 6) is 0. The Balaban J connectivity index is 2.23. The maximum Gasteiger partial charge on any atom is 0.333 e. The predicted octanol–water partition coefficient (Wildman–Crippen LogP) is 1.69. The van der Waals surface area contributed by atoms with Crippen molar-refractivity contribution in [1.82, 2.24) is 10.7 Å². The monoisotopic (exact) mass is 222 g/mol. The molecule has 0 aliphatic rings. The van der Waals surface area contributed by atoms with Gasteiger partial charge in [0.05, 0.1) is 5.69 Å². The van der Waals surface area contributed by atoms with Crippen molar-refractivity contribution < 1.29 is 4.79 Å². The third kappa shape index (κ3) is 4.54. The van der Waals surface area contributed by atoms with Crippen molar-refractivity contribution in [3.05, 3.63) is 24.3 Å². The van der Waals surface area contributed by atoms with Crippen molar-refractivity contribution >= 4 is 17.4 Å². The minimum absolute atomic E-state index is 0.231. The van der Waals surface area contributed by atoms with Gasteiger partial charge in [0.1, 0.15) is 0 Å². The van der Waals surface area contributed by atoms with Gasteiger partial charge in [-0.25, -0.2) is 4.79 Å². The summed E-state index contributed by atoms with van der Waals surface area (Å²) in [7, 11) is 0. The van der Waals surface area contributed by atoms with Crippen LogP contribution < -0.4 is 21.9 Å². The van der Waals surface area contributed by atoms with Crippen LogP contribution in [0.1, 0.15) is 19.8 Å². The van der Waals surface area contributed by atoms with Crippen molar-refractivity contribution in [2.45, 2.75) is 19.8 Å². The van der Waals surface area contributed by atoms with Gasteiger partial charge in [-0.15, -0.1) is 0 Å². The molecule has 1 aromatic carbocycles. The number of hydrogen-bond acceptors (Lipinski definition) is 3. The number of carbonyl (C=O) groups is 1. The largest absolute Gasteiger partial charge is 0.399 e. The number of nitrogen functional groups attached to an aromatic ring is 1. The number of nitrogens with one attached hydrogen (secondary N) is 3. The Morgan fingerprint density at radius 2 is 2.00 bits per heavy atom. The number of nitrogens with two attached hydrogens (primary N) is 1. The summed E-state index contributed by atoms with van der Waals surface area (Å²) in [4.78, 5) is 11.2. The first-order chi connectivity index (χ1) is 7.72. The molecule has 0 spiro atoms. The Hall–Kier alpha value is -1.91. The average molecular weight is 222 g/mol. The standard InChI is InChI=1S/C11H18N4O/c1-2-3-8-13-11(16)15-14-10-6-4-9(12)5-7-10/h4-7,14H,2-3,8,12H2,1H3,(H2,13,15,16). The molecular formula is C11H18N4O. The zero-order valence-corrected chi connectivity index (χ0v) is 9.42. The lowest BCUT2D eigenvalue weighted by molar-refractivity contribution is 0.242. The van der Waals surface area contributed by atoms with Crippen LogP contribution >= 0.6 is 0 Å². The molecule has 0 atom stereocenters. The van der Waals surface area contributed by atoms with Crippen LogP contribution in [0.2, 0.25) is 0 Å². The molecule has 0 aliphatic carbocycles. The van der Waals surface area contributed by atoms with Gasteiger partial charge in [-0.2, -0.15) is 0 Å². The quantitative estimate of drug-likeness (QED) is 0.348. The van der Waals surface area contributed by atoms with Crippen molar-refractivity contribution in [2.24, 2.45) is 0 Å². The smallest absolute Gasteiger partial charge is 0.333 e. The molecule has 5 heteroatoms. The van der Waals surface area contributed by atoms with E-state index in [0.717, 1.165) is 18.5 Å². The van der Waals surface area contributed by atoms with Crippen LogP contribution in [-0.2, 0) is 0 Å². The summed E-state index contributed by atoms with van der Waals surface area (Å²) >= 11 is 0. The molecule has 0 fully saturated rings. The zero-order valence-electron chi connectivity index (χ0n) is 9.42. The minimum atomic E-state index is -0.231. The molecule has 1 rings (SSSR count). The third-order valence-electron chi connectivity index (χ3n) is 2.05. The number of benzene rings is 1. The molecule has 0 unspecified atom stereocenters. The highest BCUT2D eigenvalue weighted by Crippen LogP contribution is 2.08. The molecule has 0 aliphatic heterocycles. The number of hydrazine groups is 1. The van der Waals surface area contributed by atoms with Gasteiger partial charge in [0.2, 0.25) is 0 Å². The van der Waals surface area contributed by atoms with Crippen molar-refractivity contribution in [2.75, 3.05) is 17.7 Å². The lowest BCUT2D eigenvalue weighted by atomic mass is 10.3. The van der Waals surface area contributed by atoms with E-state index in [1.165, 1.54) is 0 Å². The van der Waals surface area contributed by atoms with Gasteiger partial charge in [0, 0.05) is 12.2 Å². The molecule has 0 aromatic heterocycles. The summed E-state index contributed by atoms with van der Waals surface area (Å²) in [6, 6.07) is 6.88. The molecular weight excluding hydrogens is 204 g/mol. The normalized spacial score (nSPS) is 9.56. The second-order valence-corrected chi connectivity index (χ2v) is 3.48. The Labute approximate surface area is 95.4 Å². The molecule has 0 bridgehead atoms. The third-order valence-corrected chi connectivity index (χ3v) is 2.05. The Kier molecular flexibility index (Phi) is 4.98. The number of unbranched alkanes of at least 4 members (excludes halogenated alkanes) is 1. The Morgan fingerprint density at radius 1 is 1.31 bits per heavy atom. The van der Waals surface area contributed by atoms with E-state index in [4.69, 9.17) is 5.73 Å². The molecule has 0 heterocycles. The van der Waals surface area contributed by atoms with Gasteiger partial charge in [0.25, 0.3) is 0 Å². The van der Waals surface area contributed by atoms with Gasteiger partial charge < -0.3 is 11.1 Å². The maximum absolute atomic E-state index is 11.2. The first kappa shape index (κ1) is 12.2. The summed E-state index contributed by atoms with van der Waals surface area (Å²) in [5.41, 5.74) is 12.3. The highest BCUT2D eigenvalue weighted by molar-refractivity contribution is 5.75. The molecule has 1 aromatic rings. The van der Waals surface area contributed by atoms with E-state index < -0.39 is 0 Å². The van der Waals surface area contributed by atoms with Crippen LogP contribution in [0.15, 0.2) is 24.3 Å². The van der Waals surface area contributed by atoms with E-state index >= 15 is 0 Å². The first-order valence-corrected chi connectivity index (χ1v) is 5.37. The van der Waals surface area contributed by atoms with Gasteiger partial charge in [-0.1, -0.05) is 13.3 Å². The predicted molar refractivity (Wildman–Crippen MR) is 65.9 cm³/mol. The van der Waals surface area contributed by atoms with Crippen LogP contribution in [0.5, 0.6) is 0 Å². The van der Waals surface area contributed by atoms with Gasteiger partial charge >= 0.3 is 6.03 Å². The maximum atomic E-state index is 11.2. The number of urea groups is 1. The van der Waals surface area contributed by atoms with E-state index in [9.17, 15) is 4.79 Å². The number of anilines is 2. The van der Waals surface area contributed by atoms with E-state index in [1.807, 2.05) is 0 Å². The van der Waals surface area contributed by atoms with Crippen molar-refractivity contribution in [3.8, 4) is 0 Å². The van der Waals surface area contributed by atoms with Crippen molar-refractivity contribution in [1.29, 1.82) is 0 Å². The molecule has 0 saturated carbocycles. The molecule has 5 N–H and O–H groups in total. The van der Waals surface area contributed by atoms with E-state index in [2.05, 4.69) is 23.1 Å². The first-order valence-electron chi connectivity index (χ1n) is 5.37. The van der Waals surface area contributed by atoms with Crippen LogP contribution in [-0.4, -0.2) is 12.6 Å². The minimum Gasteiger partial charge on any atom is -0.399 e. The van der Waals surface area contributed by atoms with Gasteiger partial charge in [-0.05, 0) is 30.7 Å². The highest BCUT2D eigenvalue weighted by Gasteiger charge is 1.97. The molecule has 0 saturated heterocycles. The molecule has 5 nitrogen and oxygen atoms in total.